The lowest BCUT2D eigenvalue weighted by atomic mass is 9.76. The third kappa shape index (κ3) is 3.31. The van der Waals surface area contributed by atoms with Crippen molar-refractivity contribution in [3.63, 3.8) is 0 Å². The Morgan fingerprint density at radius 2 is 1.90 bits per heavy atom. The summed E-state index contributed by atoms with van der Waals surface area (Å²) in [6.07, 6.45) is 5.53. The minimum atomic E-state index is -0.394. The van der Waals surface area contributed by atoms with Gasteiger partial charge in [0.15, 0.2) is 0 Å². The van der Waals surface area contributed by atoms with Gasteiger partial charge in [0.2, 0.25) is 0 Å². The first-order valence-electron chi connectivity index (χ1n) is 11.4. The van der Waals surface area contributed by atoms with Gasteiger partial charge >= 0.3 is 5.97 Å². The summed E-state index contributed by atoms with van der Waals surface area (Å²) in [4.78, 5) is 33.7. The molecule has 160 valence electrons. The number of carbonyl (C=O) groups is 2. The number of aromatic nitrogens is 1. The predicted octanol–water partition coefficient (Wildman–Crippen LogP) is 3.36. The smallest absolute Gasteiger partial charge is 0.312 e. The van der Waals surface area contributed by atoms with E-state index in [9.17, 15) is 9.59 Å². The van der Waals surface area contributed by atoms with E-state index < -0.39 is 5.41 Å². The van der Waals surface area contributed by atoms with Crippen LogP contribution in [0.1, 0.15) is 55.1 Å². The molecule has 1 atom stereocenters. The number of para-hydroxylation sites is 1. The molecular formula is C24H31N3O3. The van der Waals surface area contributed by atoms with E-state index in [1.807, 2.05) is 23.1 Å². The van der Waals surface area contributed by atoms with E-state index in [1.165, 1.54) is 12.8 Å². The molecule has 0 bridgehead atoms. The second-order valence-corrected chi connectivity index (χ2v) is 9.19. The number of likely N-dealkylation sites (tertiary alicyclic amines) is 2. The Kier molecular flexibility index (Phi) is 5.05. The minimum absolute atomic E-state index is 0.0123. The first-order chi connectivity index (χ1) is 14.6. The van der Waals surface area contributed by atoms with Crippen molar-refractivity contribution in [2.45, 2.75) is 51.6 Å². The van der Waals surface area contributed by atoms with Gasteiger partial charge in [-0.1, -0.05) is 25.1 Å². The first kappa shape index (κ1) is 19.6. The van der Waals surface area contributed by atoms with E-state index in [0.29, 0.717) is 31.6 Å². The molecule has 0 saturated carbocycles. The molecule has 1 spiro atoms. The monoisotopic (exact) mass is 409 g/mol. The van der Waals surface area contributed by atoms with E-state index in [1.54, 1.807) is 0 Å². The number of esters is 1. The summed E-state index contributed by atoms with van der Waals surface area (Å²) in [5, 5.41) is 1.13. The molecule has 3 saturated heterocycles. The molecule has 2 aromatic rings. The van der Waals surface area contributed by atoms with Gasteiger partial charge in [-0.2, -0.15) is 0 Å². The Labute approximate surface area is 177 Å². The van der Waals surface area contributed by atoms with Gasteiger partial charge in [-0.15, -0.1) is 0 Å². The molecule has 1 amide bonds. The number of ether oxygens (including phenoxy) is 1. The third-order valence-corrected chi connectivity index (χ3v) is 7.37. The van der Waals surface area contributed by atoms with Crippen molar-refractivity contribution in [3.8, 4) is 0 Å². The summed E-state index contributed by atoms with van der Waals surface area (Å²) in [5.74, 6) is 0.0107. The zero-order valence-corrected chi connectivity index (χ0v) is 17.8. The third-order valence-electron chi connectivity index (χ3n) is 7.37. The number of hydrogen-bond donors (Lipinski definition) is 1. The second-order valence-electron chi connectivity index (χ2n) is 9.19. The number of nitrogens with one attached hydrogen (secondary N) is 1. The van der Waals surface area contributed by atoms with Crippen LogP contribution in [0.2, 0.25) is 0 Å². The number of cyclic esters (lactones) is 1. The largest absolute Gasteiger partial charge is 0.461 e. The summed E-state index contributed by atoms with van der Waals surface area (Å²) in [6.45, 7) is 6.42. The maximum Gasteiger partial charge on any atom is 0.312 e. The summed E-state index contributed by atoms with van der Waals surface area (Å²) in [7, 11) is 0. The molecule has 0 radical (unpaired) electrons. The number of amides is 1. The van der Waals surface area contributed by atoms with Crippen LogP contribution < -0.4 is 0 Å². The molecule has 3 aliphatic heterocycles. The van der Waals surface area contributed by atoms with Crippen LogP contribution in [-0.4, -0.2) is 65.5 Å². The van der Waals surface area contributed by atoms with Crippen LogP contribution >= 0.6 is 0 Å². The summed E-state index contributed by atoms with van der Waals surface area (Å²) < 4.78 is 5.78. The number of aryl methyl sites for hydroxylation is 1. The number of H-pyrrole nitrogens is 1. The SMILES string of the molecule is CCc1c(C(=O)N2CCC3(CC2)CC(CN2CCCC2)OC3=O)[nH]c2ccccc12. The molecule has 0 aliphatic carbocycles. The highest BCUT2D eigenvalue weighted by Gasteiger charge is 2.51. The average molecular weight is 410 g/mol. The highest BCUT2D eigenvalue weighted by Crippen LogP contribution is 2.43. The first-order valence-corrected chi connectivity index (χ1v) is 11.4. The van der Waals surface area contributed by atoms with Crippen molar-refractivity contribution in [2.75, 3.05) is 32.7 Å². The number of fused-ring (bicyclic) bond motifs is 1. The highest BCUT2D eigenvalue weighted by molar-refractivity contribution is 6.01. The Bertz CT molecular complexity index is 952. The number of carbonyl (C=O) groups excluding carboxylic acids is 2. The van der Waals surface area contributed by atoms with Crippen molar-refractivity contribution in [3.05, 3.63) is 35.5 Å². The van der Waals surface area contributed by atoms with Crippen LogP contribution in [0.4, 0.5) is 0 Å². The van der Waals surface area contributed by atoms with E-state index in [-0.39, 0.29) is 18.0 Å². The molecule has 6 heteroatoms. The van der Waals surface area contributed by atoms with Crippen LogP contribution in [0.15, 0.2) is 24.3 Å². The van der Waals surface area contributed by atoms with Crippen molar-refractivity contribution < 1.29 is 14.3 Å². The van der Waals surface area contributed by atoms with E-state index in [0.717, 1.165) is 48.9 Å². The average Bonchev–Trinajstić information content (AvgIpc) is 3.47. The zero-order valence-electron chi connectivity index (χ0n) is 17.8. The topological polar surface area (TPSA) is 65.6 Å². The van der Waals surface area contributed by atoms with Crippen molar-refractivity contribution >= 4 is 22.8 Å². The molecule has 1 unspecified atom stereocenters. The molecule has 3 aliphatic rings. The molecule has 30 heavy (non-hydrogen) atoms. The quantitative estimate of drug-likeness (QED) is 0.787. The van der Waals surface area contributed by atoms with Crippen LogP contribution in [-0.2, 0) is 16.0 Å². The van der Waals surface area contributed by atoms with Gasteiger partial charge in [-0.25, -0.2) is 0 Å². The lowest BCUT2D eigenvalue weighted by Crippen LogP contribution is -2.45. The molecule has 6 nitrogen and oxygen atoms in total. The molecule has 5 rings (SSSR count). The minimum Gasteiger partial charge on any atom is -0.461 e. The van der Waals surface area contributed by atoms with Crippen LogP contribution in [0.3, 0.4) is 0 Å². The molecule has 3 fully saturated rings. The number of benzene rings is 1. The molecule has 1 aromatic carbocycles. The summed E-state index contributed by atoms with van der Waals surface area (Å²) in [6, 6.07) is 8.09. The van der Waals surface area contributed by atoms with Gasteiger partial charge in [-0.3, -0.25) is 14.5 Å². The van der Waals surface area contributed by atoms with Gasteiger partial charge in [0, 0.05) is 37.0 Å². The van der Waals surface area contributed by atoms with E-state index in [2.05, 4.69) is 22.9 Å². The Balaban J connectivity index is 1.27. The zero-order chi connectivity index (χ0) is 20.7. The van der Waals surface area contributed by atoms with Crippen LogP contribution in [0.25, 0.3) is 10.9 Å². The number of nitrogens with zero attached hydrogens (tertiary/aromatic N) is 2. The fraction of sp³-hybridized carbons (Fsp3) is 0.583. The molecule has 4 heterocycles. The number of aromatic amines is 1. The number of piperidine rings is 1. The Hall–Kier alpha value is -2.34. The number of rotatable bonds is 4. The molecule has 1 aromatic heterocycles. The van der Waals surface area contributed by atoms with Gasteiger partial charge in [0.1, 0.15) is 11.8 Å². The van der Waals surface area contributed by atoms with Gasteiger partial charge in [0.25, 0.3) is 5.91 Å². The van der Waals surface area contributed by atoms with Crippen molar-refractivity contribution in [2.24, 2.45) is 5.41 Å². The number of hydrogen-bond acceptors (Lipinski definition) is 4. The maximum atomic E-state index is 13.3. The summed E-state index contributed by atoms with van der Waals surface area (Å²) >= 11 is 0. The fourth-order valence-electron chi connectivity index (χ4n) is 5.65. The van der Waals surface area contributed by atoms with Crippen molar-refractivity contribution in [1.82, 2.24) is 14.8 Å². The standard InChI is InChI=1S/C24H31N3O3/c1-2-18-19-7-3-4-8-20(19)25-21(18)22(28)27-13-9-24(10-14-27)15-17(30-23(24)29)16-26-11-5-6-12-26/h3-4,7-8,17,25H,2,5-6,9-16H2,1H3. The molecule has 1 N–H and O–H groups in total. The van der Waals surface area contributed by atoms with Crippen molar-refractivity contribution in [1.29, 1.82) is 0 Å². The van der Waals surface area contributed by atoms with Gasteiger partial charge in [0.05, 0.1) is 5.41 Å². The lowest BCUT2D eigenvalue weighted by molar-refractivity contribution is -0.150. The lowest BCUT2D eigenvalue weighted by Gasteiger charge is -2.36. The van der Waals surface area contributed by atoms with Gasteiger partial charge < -0.3 is 14.6 Å². The Morgan fingerprint density at radius 1 is 1.17 bits per heavy atom. The Morgan fingerprint density at radius 3 is 2.63 bits per heavy atom. The van der Waals surface area contributed by atoms with E-state index in [4.69, 9.17) is 4.74 Å². The van der Waals surface area contributed by atoms with Gasteiger partial charge in [-0.05, 0) is 56.8 Å². The normalized spacial score (nSPS) is 24.1. The maximum absolute atomic E-state index is 13.3. The highest BCUT2D eigenvalue weighted by atomic mass is 16.6. The summed E-state index contributed by atoms with van der Waals surface area (Å²) in [5.41, 5.74) is 2.41. The van der Waals surface area contributed by atoms with Crippen LogP contribution in [0, 0.1) is 5.41 Å². The second kappa shape index (κ2) is 7.73. The molecular weight excluding hydrogens is 378 g/mol. The predicted molar refractivity (Wildman–Crippen MR) is 115 cm³/mol. The van der Waals surface area contributed by atoms with Crippen LogP contribution in [0.5, 0.6) is 0 Å². The van der Waals surface area contributed by atoms with E-state index >= 15 is 0 Å². The fourth-order valence-corrected chi connectivity index (χ4v) is 5.65.